The first-order chi connectivity index (χ1) is 10.2. The molecule has 21 heavy (non-hydrogen) atoms. The van der Waals surface area contributed by atoms with Gasteiger partial charge in [-0.15, -0.1) is 0 Å². The molecule has 4 heteroatoms. The summed E-state index contributed by atoms with van der Waals surface area (Å²) in [7, 11) is 1.57. The van der Waals surface area contributed by atoms with Crippen molar-refractivity contribution in [1.82, 2.24) is 4.98 Å². The predicted octanol–water partition coefficient (Wildman–Crippen LogP) is 2.40. The first-order valence-electron chi connectivity index (χ1n) is 6.59. The van der Waals surface area contributed by atoms with E-state index < -0.39 is 6.10 Å². The Kier molecular flexibility index (Phi) is 5.19. The van der Waals surface area contributed by atoms with E-state index in [0.29, 0.717) is 23.8 Å². The van der Waals surface area contributed by atoms with E-state index in [1.54, 1.807) is 26.3 Å². The molecule has 1 heterocycles. The van der Waals surface area contributed by atoms with E-state index in [9.17, 15) is 5.11 Å². The second-order valence-electron chi connectivity index (χ2n) is 4.44. The Morgan fingerprint density at radius 1 is 1.29 bits per heavy atom. The predicted molar refractivity (Wildman–Crippen MR) is 80.1 cm³/mol. The summed E-state index contributed by atoms with van der Waals surface area (Å²) in [6.45, 7) is 2.01. The van der Waals surface area contributed by atoms with Crippen LogP contribution in [-0.4, -0.2) is 23.3 Å². The van der Waals surface area contributed by atoms with Crippen LogP contribution in [0.3, 0.4) is 0 Å². The zero-order valence-corrected chi connectivity index (χ0v) is 12.0. The molecule has 0 aliphatic carbocycles. The van der Waals surface area contributed by atoms with Crippen molar-refractivity contribution in [2.24, 2.45) is 0 Å². The molecule has 0 spiro atoms. The maximum atomic E-state index is 9.25. The van der Waals surface area contributed by atoms with Crippen LogP contribution in [0.2, 0.25) is 0 Å². The third kappa shape index (κ3) is 4.51. The quantitative estimate of drug-likeness (QED) is 0.875. The van der Waals surface area contributed by atoms with Gasteiger partial charge in [0.25, 0.3) is 0 Å². The summed E-state index contributed by atoms with van der Waals surface area (Å²) in [6, 6.07) is 11.6. The summed E-state index contributed by atoms with van der Waals surface area (Å²) in [4.78, 5) is 4.20. The van der Waals surface area contributed by atoms with E-state index in [1.807, 2.05) is 30.3 Å². The van der Waals surface area contributed by atoms with Gasteiger partial charge in [-0.1, -0.05) is 36.3 Å². The molecule has 108 valence electrons. The van der Waals surface area contributed by atoms with Crippen molar-refractivity contribution in [3.05, 3.63) is 53.9 Å². The number of hydrogen-bond acceptors (Lipinski definition) is 4. The Hall–Kier alpha value is -2.51. The summed E-state index contributed by atoms with van der Waals surface area (Å²) in [5.74, 6) is 6.60. The summed E-state index contributed by atoms with van der Waals surface area (Å²) in [6.07, 6.45) is 0.859. The van der Waals surface area contributed by atoms with Crippen LogP contribution in [0.15, 0.2) is 42.6 Å². The Bertz CT molecular complexity index is 642. The third-order valence-electron chi connectivity index (χ3n) is 2.70. The van der Waals surface area contributed by atoms with Crippen LogP contribution in [0.25, 0.3) is 0 Å². The lowest BCUT2D eigenvalue weighted by atomic mass is 10.2. The summed E-state index contributed by atoms with van der Waals surface area (Å²) < 4.78 is 10.9. The maximum absolute atomic E-state index is 9.25. The number of benzene rings is 1. The van der Waals surface area contributed by atoms with Crippen LogP contribution in [0, 0.1) is 11.8 Å². The number of aliphatic hydroxyl groups excluding tert-OH is 1. The highest BCUT2D eigenvalue weighted by Crippen LogP contribution is 2.22. The fourth-order valence-corrected chi connectivity index (χ4v) is 1.65. The normalized spacial score (nSPS) is 11.2. The van der Waals surface area contributed by atoms with Crippen molar-refractivity contribution >= 4 is 0 Å². The number of hydrogen-bond donors (Lipinski definition) is 1. The van der Waals surface area contributed by atoms with Gasteiger partial charge in [-0.25, -0.2) is 4.98 Å². The SMILES string of the molecule is COc1cnc(C#CC(C)O)c(OCc2ccccc2)c1. The average molecular weight is 283 g/mol. The summed E-state index contributed by atoms with van der Waals surface area (Å²) >= 11 is 0. The standard InChI is InChI=1S/C17H17NO3/c1-13(19)8-9-16-17(10-15(20-2)11-18-16)21-12-14-6-4-3-5-7-14/h3-7,10-11,13,19H,12H2,1-2H3. The van der Waals surface area contributed by atoms with Crippen molar-refractivity contribution in [2.75, 3.05) is 7.11 Å². The number of ether oxygens (including phenoxy) is 2. The Morgan fingerprint density at radius 3 is 2.71 bits per heavy atom. The minimum absolute atomic E-state index is 0.416. The number of aromatic nitrogens is 1. The van der Waals surface area contributed by atoms with Gasteiger partial charge in [-0.2, -0.15) is 0 Å². The molecule has 1 atom stereocenters. The monoisotopic (exact) mass is 283 g/mol. The molecule has 1 N–H and O–H groups in total. The minimum Gasteiger partial charge on any atom is -0.495 e. The van der Waals surface area contributed by atoms with Crippen LogP contribution >= 0.6 is 0 Å². The molecule has 0 saturated heterocycles. The fraction of sp³-hybridized carbons (Fsp3) is 0.235. The molecule has 0 saturated carbocycles. The first kappa shape index (κ1) is 14.9. The third-order valence-corrected chi connectivity index (χ3v) is 2.70. The van der Waals surface area contributed by atoms with Crippen LogP contribution in [-0.2, 0) is 6.61 Å². The van der Waals surface area contributed by atoms with Crippen LogP contribution in [0.1, 0.15) is 18.2 Å². The molecule has 1 aromatic carbocycles. The lowest BCUT2D eigenvalue weighted by Crippen LogP contribution is -2.00. The van der Waals surface area contributed by atoms with Crippen molar-refractivity contribution in [2.45, 2.75) is 19.6 Å². The lowest BCUT2D eigenvalue weighted by Gasteiger charge is -2.09. The zero-order valence-electron chi connectivity index (χ0n) is 12.0. The molecule has 4 nitrogen and oxygen atoms in total. The van der Waals surface area contributed by atoms with Gasteiger partial charge in [-0.05, 0) is 18.4 Å². The highest BCUT2D eigenvalue weighted by molar-refractivity contribution is 5.44. The molecule has 0 aliphatic heterocycles. The highest BCUT2D eigenvalue weighted by Gasteiger charge is 2.06. The largest absolute Gasteiger partial charge is 0.495 e. The Balaban J connectivity index is 2.21. The lowest BCUT2D eigenvalue weighted by molar-refractivity contribution is 0.253. The topological polar surface area (TPSA) is 51.6 Å². The van der Waals surface area contributed by atoms with E-state index >= 15 is 0 Å². The van der Waals surface area contributed by atoms with Crippen LogP contribution in [0.4, 0.5) is 0 Å². The first-order valence-corrected chi connectivity index (χ1v) is 6.59. The van der Waals surface area contributed by atoms with Crippen LogP contribution in [0.5, 0.6) is 11.5 Å². The maximum Gasteiger partial charge on any atom is 0.157 e. The summed E-state index contributed by atoms with van der Waals surface area (Å²) in [5.41, 5.74) is 1.53. The number of pyridine rings is 1. The van der Waals surface area contributed by atoms with Crippen molar-refractivity contribution in [3.63, 3.8) is 0 Å². The van der Waals surface area contributed by atoms with Gasteiger partial charge in [0, 0.05) is 6.07 Å². The molecular formula is C17H17NO3. The minimum atomic E-state index is -0.712. The Labute approximate surface area is 124 Å². The molecule has 0 aliphatic rings. The van der Waals surface area contributed by atoms with Gasteiger partial charge in [0.2, 0.25) is 0 Å². The van der Waals surface area contributed by atoms with E-state index in [2.05, 4.69) is 16.8 Å². The van der Waals surface area contributed by atoms with Crippen molar-refractivity contribution < 1.29 is 14.6 Å². The summed E-state index contributed by atoms with van der Waals surface area (Å²) in [5, 5.41) is 9.25. The molecule has 2 aromatic rings. The molecule has 0 bridgehead atoms. The van der Waals surface area contributed by atoms with E-state index in [0.717, 1.165) is 5.56 Å². The molecule has 0 amide bonds. The van der Waals surface area contributed by atoms with Gasteiger partial charge >= 0.3 is 0 Å². The van der Waals surface area contributed by atoms with Crippen molar-refractivity contribution in [1.29, 1.82) is 0 Å². The number of aliphatic hydroxyl groups is 1. The van der Waals surface area contributed by atoms with E-state index in [1.165, 1.54) is 0 Å². The molecule has 1 unspecified atom stereocenters. The molecule has 0 fully saturated rings. The van der Waals surface area contributed by atoms with Gasteiger partial charge in [0.15, 0.2) is 11.4 Å². The van der Waals surface area contributed by atoms with Gasteiger partial charge in [-0.3, -0.25) is 0 Å². The fourth-order valence-electron chi connectivity index (χ4n) is 1.65. The smallest absolute Gasteiger partial charge is 0.157 e. The highest BCUT2D eigenvalue weighted by atomic mass is 16.5. The number of methoxy groups -OCH3 is 1. The Morgan fingerprint density at radius 2 is 2.05 bits per heavy atom. The number of nitrogens with zero attached hydrogens (tertiary/aromatic N) is 1. The average Bonchev–Trinajstić information content (AvgIpc) is 2.52. The molecule has 2 rings (SSSR count). The second kappa shape index (κ2) is 7.32. The van der Waals surface area contributed by atoms with E-state index in [4.69, 9.17) is 9.47 Å². The van der Waals surface area contributed by atoms with Crippen molar-refractivity contribution in [3.8, 4) is 23.3 Å². The van der Waals surface area contributed by atoms with Gasteiger partial charge < -0.3 is 14.6 Å². The van der Waals surface area contributed by atoms with Gasteiger partial charge in [0.1, 0.15) is 18.5 Å². The zero-order chi connectivity index (χ0) is 15.1. The van der Waals surface area contributed by atoms with Crippen LogP contribution < -0.4 is 9.47 Å². The number of rotatable bonds is 4. The van der Waals surface area contributed by atoms with E-state index in [-0.39, 0.29) is 0 Å². The molecule has 1 aromatic heterocycles. The molecule has 0 radical (unpaired) electrons. The molecular weight excluding hydrogens is 266 g/mol. The second-order valence-corrected chi connectivity index (χ2v) is 4.44. The van der Waals surface area contributed by atoms with Gasteiger partial charge in [0.05, 0.1) is 13.3 Å².